The van der Waals surface area contributed by atoms with Crippen molar-refractivity contribution in [3.8, 4) is 0 Å². The van der Waals surface area contributed by atoms with Crippen LogP contribution < -0.4 is 5.32 Å². The number of hydrogen-bond donors (Lipinski definition) is 1. The minimum Gasteiger partial charge on any atom is -0.379 e. The van der Waals surface area contributed by atoms with Gasteiger partial charge in [0.25, 0.3) is 0 Å². The number of amides is 2. The molecule has 25 heavy (non-hydrogen) atoms. The fourth-order valence-electron chi connectivity index (χ4n) is 2.50. The maximum Gasteiger partial charge on any atom is 0.323 e. The Kier molecular flexibility index (Phi) is 5.05. The molecule has 0 unspecified atom stereocenters. The lowest BCUT2D eigenvalue weighted by atomic mass is 9.96. The van der Waals surface area contributed by atoms with Crippen LogP contribution in [0.5, 0.6) is 0 Å². The van der Waals surface area contributed by atoms with E-state index in [4.69, 9.17) is 4.74 Å². The van der Waals surface area contributed by atoms with Crippen molar-refractivity contribution in [2.24, 2.45) is 0 Å². The molecule has 136 valence electrons. The zero-order valence-electron chi connectivity index (χ0n) is 15.1. The quantitative estimate of drug-likeness (QED) is 0.903. The largest absolute Gasteiger partial charge is 0.379 e. The second-order valence-corrected chi connectivity index (χ2v) is 8.14. The van der Waals surface area contributed by atoms with Crippen LogP contribution in [-0.2, 0) is 29.7 Å². The number of urea groups is 1. The summed E-state index contributed by atoms with van der Waals surface area (Å²) in [5.74, 6) is 1.68. The van der Waals surface area contributed by atoms with E-state index in [2.05, 4.69) is 41.3 Å². The number of thiazole rings is 1. The summed E-state index contributed by atoms with van der Waals surface area (Å²) in [5.41, 5.74) is 0.0215. The smallest absolute Gasteiger partial charge is 0.323 e. The fraction of sp³-hybridized carbons (Fsp3) is 0.625. The molecule has 0 aliphatic carbocycles. The van der Waals surface area contributed by atoms with Crippen LogP contribution in [-0.4, -0.2) is 50.9 Å². The highest BCUT2D eigenvalue weighted by Gasteiger charge is 2.21. The zero-order chi connectivity index (χ0) is 18.0. The summed E-state index contributed by atoms with van der Waals surface area (Å²) in [7, 11) is 1.74. The molecule has 3 heterocycles. The summed E-state index contributed by atoms with van der Waals surface area (Å²) in [6.07, 6.45) is 2.57. The van der Waals surface area contributed by atoms with Gasteiger partial charge in [0.1, 0.15) is 5.82 Å². The third-order valence-electron chi connectivity index (χ3n) is 4.02. The molecule has 0 bridgehead atoms. The summed E-state index contributed by atoms with van der Waals surface area (Å²) < 4.78 is 7.50. The molecule has 0 saturated carbocycles. The highest BCUT2D eigenvalue weighted by Crippen LogP contribution is 2.30. The molecule has 0 spiro atoms. The van der Waals surface area contributed by atoms with Crippen molar-refractivity contribution in [1.29, 1.82) is 0 Å². The van der Waals surface area contributed by atoms with Crippen LogP contribution in [0.2, 0.25) is 0 Å². The number of anilines is 1. The highest BCUT2D eigenvalue weighted by molar-refractivity contribution is 7.15. The van der Waals surface area contributed by atoms with Crippen molar-refractivity contribution < 1.29 is 9.53 Å². The lowest BCUT2D eigenvalue weighted by Crippen LogP contribution is -2.32. The summed E-state index contributed by atoms with van der Waals surface area (Å²) in [4.78, 5) is 19.4. The number of rotatable bonds is 3. The Balaban J connectivity index is 1.63. The molecule has 2 aromatic heterocycles. The lowest BCUT2D eigenvalue weighted by Gasteiger charge is -2.17. The SMILES string of the molecule is CN(Cc1nnc2n1CCOCC2)C(=O)Nc1ncc(C(C)(C)C)s1. The maximum absolute atomic E-state index is 12.4. The molecular weight excluding hydrogens is 340 g/mol. The van der Waals surface area contributed by atoms with Crippen LogP contribution in [0.3, 0.4) is 0 Å². The first kappa shape index (κ1) is 17.8. The molecule has 1 N–H and O–H groups in total. The third-order valence-corrected chi connectivity index (χ3v) is 5.36. The average Bonchev–Trinajstić information content (AvgIpc) is 3.08. The molecule has 0 radical (unpaired) electrons. The number of aromatic nitrogens is 4. The van der Waals surface area contributed by atoms with Crippen molar-refractivity contribution in [3.63, 3.8) is 0 Å². The van der Waals surface area contributed by atoms with Gasteiger partial charge in [0, 0.05) is 31.1 Å². The highest BCUT2D eigenvalue weighted by atomic mass is 32.1. The van der Waals surface area contributed by atoms with E-state index in [0.29, 0.717) is 31.4 Å². The minimum atomic E-state index is -0.211. The molecule has 1 aliphatic rings. The number of fused-ring (bicyclic) bond motifs is 1. The molecule has 8 nitrogen and oxygen atoms in total. The van der Waals surface area contributed by atoms with E-state index in [1.54, 1.807) is 11.9 Å². The number of nitrogens with one attached hydrogen (secondary N) is 1. The van der Waals surface area contributed by atoms with Gasteiger partial charge in [-0.2, -0.15) is 0 Å². The monoisotopic (exact) mass is 364 g/mol. The van der Waals surface area contributed by atoms with Gasteiger partial charge in [-0.05, 0) is 5.41 Å². The Morgan fingerprint density at radius 3 is 2.92 bits per heavy atom. The van der Waals surface area contributed by atoms with Crippen LogP contribution in [0.1, 0.15) is 37.3 Å². The van der Waals surface area contributed by atoms with E-state index in [9.17, 15) is 4.79 Å². The Labute approximate surface area is 151 Å². The average molecular weight is 364 g/mol. The summed E-state index contributed by atoms with van der Waals surface area (Å²) >= 11 is 1.50. The number of carbonyl (C=O) groups is 1. The first-order valence-electron chi connectivity index (χ1n) is 8.32. The van der Waals surface area contributed by atoms with Crippen LogP contribution in [0, 0.1) is 0 Å². The standard InChI is InChI=1S/C16H24N6O2S/c1-16(2,3)11-9-17-14(25-11)18-15(23)21(4)10-13-20-19-12-5-7-24-8-6-22(12)13/h9H,5-8,10H2,1-4H3,(H,17,18,23). The Bertz CT molecular complexity index is 748. The predicted octanol–water partition coefficient (Wildman–Crippen LogP) is 2.27. The Morgan fingerprint density at radius 1 is 1.40 bits per heavy atom. The van der Waals surface area contributed by atoms with Crippen molar-refractivity contribution in [1.82, 2.24) is 24.6 Å². The van der Waals surface area contributed by atoms with Gasteiger partial charge in [-0.15, -0.1) is 21.5 Å². The first-order chi connectivity index (χ1) is 11.8. The van der Waals surface area contributed by atoms with Gasteiger partial charge in [-0.1, -0.05) is 20.8 Å². The van der Waals surface area contributed by atoms with Gasteiger partial charge in [0.2, 0.25) is 0 Å². The molecule has 9 heteroatoms. The molecular formula is C16H24N6O2S. The van der Waals surface area contributed by atoms with Crippen molar-refractivity contribution in [3.05, 3.63) is 22.7 Å². The van der Waals surface area contributed by atoms with E-state index in [1.807, 2.05) is 10.8 Å². The number of carbonyl (C=O) groups excluding carboxylic acids is 1. The minimum absolute atomic E-state index is 0.0215. The fourth-order valence-corrected chi connectivity index (χ4v) is 3.37. The summed E-state index contributed by atoms with van der Waals surface area (Å²) in [5, 5.41) is 11.9. The van der Waals surface area contributed by atoms with Crippen molar-refractivity contribution in [2.75, 3.05) is 25.6 Å². The lowest BCUT2D eigenvalue weighted by molar-refractivity contribution is 0.139. The van der Waals surface area contributed by atoms with Crippen LogP contribution in [0.4, 0.5) is 9.93 Å². The van der Waals surface area contributed by atoms with Gasteiger partial charge in [0.05, 0.1) is 19.8 Å². The predicted molar refractivity (Wildman–Crippen MR) is 95.8 cm³/mol. The van der Waals surface area contributed by atoms with Crippen LogP contribution in [0.15, 0.2) is 6.20 Å². The summed E-state index contributed by atoms with van der Waals surface area (Å²) in [6.45, 7) is 8.78. The van der Waals surface area contributed by atoms with Crippen molar-refractivity contribution in [2.45, 2.75) is 45.7 Å². The Hall–Kier alpha value is -2.00. The van der Waals surface area contributed by atoms with Crippen molar-refractivity contribution >= 4 is 22.5 Å². The second kappa shape index (κ2) is 7.09. The van der Waals surface area contributed by atoms with Gasteiger partial charge < -0.3 is 14.2 Å². The number of ether oxygens (including phenoxy) is 1. The summed E-state index contributed by atoms with van der Waals surface area (Å²) in [6, 6.07) is -0.211. The molecule has 0 aromatic carbocycles. The third kappa shape index (κ3) is 4.16. The van der Waals surface area contributed by atoms with Crippen LogP contribution >= 0.6 is 11.3 Å². The van der Waals surface area contributed by atoms with Crippen LogP contribution in [0.25, 0.3) is 0 Å². The molecule has 3 rings (SSSR count). The van der Waals surface area contributed by atoms with Gasteiger partial charge in [0.15, 0.2) is 11.0 Å². The van der Waals surface area contributed by atoms with E-state index in [0.717, 1.165) is 22.9 Å². The molecule has 0 fully saturated rings. The van der Waals surface area contributed by atoms with Gasteiger partial charge in [-0.3, -0.25) is 5.32 Å². The molecule has 0 saturated heterocycles. The second-order valence-electron chi connectivity index (χ2n) is 7.11. The van der Waals surface area contributed by atoms with E-state index >= 15 is 0 Å². The van der Waals surface area contributed by atoms with Gasteiger partial charge in [-0.25, -0.2) is 9.78 Å². The molecule has 1 aliphatic heterocycles. The topological polar surface area (TPSA) is 85.2 Å². The van der Waals surface area contributed by atoms with E-state index in [1.165, 1.54) is 11.3 Å². The van der Waals surface area contributed by atoms with E-state index < -0.39 is 0 Å². The van der Waals surface area contributed by atoms with E-state index in [-0.39, 0.29) is 11.4 Å². The molecule has 2 aromatic rings. The Morgan fingerprint density at radius 2 is 2.20 bits per heavy atom. The zero-order valence-corrected chi connectivity index (χ0v) is 15.9. The number of nitrogens with zero attached hydrogens (tertiary/aromatic N) is 5. The van der Waals surface area contributed by atoms with Gasteiger partial charge >= 0.3 is 6.03 Å². The number of hydrogen-bond acceptors (Lipinski definition) is 6. The molecule has 0 atom stereocenters. The molecule has 2 amide bonds. The first-order valence-corrected chi connectivity index (χ1v) is 9.13. The normalized spacial score (nSPS) is 14.7. The maximum atomic E-state index is 12.4.